The molecule has 0 saturated carbocycles. The van der Waals surface area contributed by atoms with E-state index in [0.717, 1.165) is 6.54 Å². The summed E-state index contributed by atoms with van der Waals surface area (Å²) in [7, 11) is 1.89. The Kier molecular flexibility index (Phi) is 8.34. The Hall–Kier alpha value is -1.21. The first-order chi connectivity index (χ1) is 10.5. The van der Waals surface area contributed by atoms with Gasteiger partial charge in [0, 0.05) is 13.0 Å². The van der Waals surface area contributed by atoms with Crippen LogP contribution in [0.3, 0.4) is 0 Å². The van der Waals surface area contributed by atoms with Crippen molar-refractivity contribution in [2.45, 2.75) is 32.5 Å². The van der Waals surface area contributed by atoms with E-state index in [2.05, 4.69) is 22.6 Å². The molecule has 8 heteroatoms. The lowest BCUT2D eigenvalue weighted by molar-refractivity contribution is -0.0819. The molecule has 1 amide bonds. The normalized spacial score (nSPS) is 24.1. The highest BCUT2D eigenvalue weighted by Crippen LogP contribution is 2.18. The van der Waals surface area contributed by atoms with E-state index in [4.69, 9.17) is 9.47 Å². The van der Waals surface area contributed by atoms with Gasteiger partial charge in [-0.3, -0.25) is 0 Å². The molecule has 1 saturated heterocycles. The van der Waals surface area contributed by atoms with Crippen LogP contribution >= 0.6 is 12.6 Å². The molecule has 0 aromatic carbocycles. The van der Waals surface area contributed by atoms with Crippen LogP contribution in [0.4, 0.5) is 4.79 Å². The summed E-state index contributed by atoms with van der Waals surface area (Å²) < 4.78 is 14.9. The van der Waals surface area contributed by atoms with Crippen LogP contribution in [0, 0.1) is 5.92 Å². The summed E-state index contributed by atoms with van der Waals surface area (Å²) in [5.74, 6) is -0.187. The van der Waals surface area contributed by atoms with Gasteiger partial charge in [-0.15, -0.1) is 0 Å². The van der Waals surface area contributed by atoms with Gasteiger partial charge in [0.1, 0.15) is 6.61 Å². The summed E-state index contributed by atoms with van der Waals surface area (Å²) in [5.41, 5.74) is 0. The SMILES string of the molecule is CCNC(=O)OCC1CC(O)C(C=[N+]=C(S)N(C)CC)CO1. The lowest BCUT2D eigenvalue weighted by atomic mass is 9.96. The average Bonchev–Trinajstić information content (AvgIpc) is 2.51. The molecular formula is C14H26N3O4S+. The first-order valence-corrected chi connectivity index (χ1v) is 7.94. The number of amidine groups is 1. The Morgan fingerprint density at radius 1 is 1.59 bits per heavy atom. The zero-order valence-electron chi connectivity index (χ0n) is 13.4. The predicted octanol–water partition coefficient (Wildman–Crippen LogP) is -0.126. The number of carbonyl (C=O) groups is 1. The maximum atomic E-state index is 11.2. The minimum atomic E-state index is -0.576. The van der Waals surface area contributed by atoms with Crippen LogP contribution in [0.25, 0.3) is 0 Å². The fraction of sp³-hybridized carbons (Fsp3) is 0.786. The molecule has 126 valence electrons. The third-order valence-electron chi connectivity index (χ3n) is 3.44. The molecule has 0 aromatic heterocycles. The number of ether oxygens (including phenoxy) is 2. The quantitative estimate of drug-likeness (QED) is 0.283. The minimum Gasteiger partial charge on any atom is -0.447 e. The Bertz CT molecular complexity index is 426. The summed E-state index contributed by atoms with van der Waals surface area (Å²) in [6, 6.07) is 0. The maximum Gasteiger partial charge on any atom is 0.407 e. The standard InChI is InChI=1S/C14H25N3O4S/c1-4-15-14(19)21-9-11-6-12(18)10(8-20-11)7-16-13(22)17(3)5-2/h7,10-12,18H,4-6,8-9H2,1-3H3,(H,15,19)/p+1. The highest BCUT2D eigenvalue weighted by molar-refractivity contribution is 7.96. The van der Waals surface area contributed by atoms with Crippen molar-refractivity contribution in [2.75, 3.05) is 33.4 Å². The van der Waals surface area contributed by atoms with Crippen molar-refractivity contribution in [3.8, 4) is 0 Å². The second-order valence-corrected chi connectivity index (χ2v) is 5.54. The molecule has 0 spiro atoms. The fourth-order valence-corrected chi connectivity index (χ4v) is 2.10. The molecule has 1 fully saturated rings. The number of hydrogen-bond acceptors (Lipinski definition) is 4. The molecule has 0 bridgehead atoms. The lowest BCUT2D eigenvalue weighted by Gasteiger charge is -2.29. The molecule has 0 aliphatic carbocycles. The van der Waals surface area contributed by atoms with Gasteiger partial charge in [0.25, 0.3) is 0 Å². The molecule has 2 N–H and O–H groups in total. The van der Waals surface area contributed by atoms with Gasteiger partial charge in [-0.2, -0.15) is 0 Å². The summed E-state index contributed by atoms with van der Waals surface area (Å²) >= 11 is 4.29. The van der Waals surface area contributed by atoms with E-state index in [9.17, 15) is 9.90 Å². The molecule has 22 heavy (non-hydrogen) atoms. The molecule has 3 unspecified atom stereocenters. The number of alkyl carbamates (subject to hydrolysis) is 1. The number of nitrogens with zero attached hydrogens (tertiary/aromatic N) is 2. The van der Waals surface area contributed by atoms with Crippen molar-refractivity contribution in [3.05, 3.63) is 0 Å². The van der Waals surface area contributed by atoms with Gasteiger partial charge in [0.2, 0.25) is 0 Å². The Balaban J connectivity index is 2.46. The predicted molar refractivity (Wildman–Crippen MR) is 89.4 cm³/mol. The van der Waals surface area contributed by atoms with Crippen LogP contribution in [0.15, 0.2) is 0 Å². The zero-order valence-corrected chi connectivity index (χ0v) is 14.3. The van der Waals surface area contributed by atoms with Gasteiger partial charge < -0.3 is 19.9 Å². The van der Waals surface area contributed by atoms with E-state index in [1.165, 1.54) is 0 Å². The van der Waals surface area contributed by atoms with Crippen LogP contribution in [-0.4, -0.2) is 73.0 Å². The summed E-state index contributed by atoms with van der Waals surface area (Å²) in [5, 5.41) is 13.3. The van der Waals surface area contributed by atoms with E-state index >= 15 is 0 Å². The number of carbonyl (C=O) groups excluding carboxylic acids is 1. The van der Waals surface area contributed by atoms with E-state index in [0.29, 0.717) is 24.7 Å². The van der Waals surface area contributed by atoms with Crippen molar-refractivity contribution >= 4 is 30.1 Å². The van der Waals surface area contributed by atoms with Crippen molar-refractivity contribution < 1.29 is 19.4 Å². The van der Waals surface area contributed by atoms with Gasteiger partial charge in [-0.1, -0.05) is 0 Å². The van der Waals surface area contributed by atoms with Crippen LogP contribution < -0.4 is 9.98 Å². The Morgan fingerprint density at radius 3 is 2.91 bits per heavy atom. The minimum absolute atomic E-state index is 0.134. The number of nitrogens with one attached hydrogen (secondary N) is 1. The summed E-state index contributed by atoms with van der Waals surface area (Å²) in [6.45, 7) is 5.61. The van der Waals surface area contributed by atoms with Gasteiger partial charge in [0.05, 0.1) is 38.3 Å². The number of amides is 1. The van der Waals surface area contributed by atoms with E-state index in [1.54, 1.807) is 6.21 Å². The highest BCUT2D eigenvalue weighted by atomic mass is 32.1. The largest absolute Gasteiger partial charge is 0.447 e. The van der Waals surface area contributed by atoms with Crippen LogP contribution in [0.1, 0.15) is 20.3 Å². The van der Waals surface area contributed by atoms with Crippen LogP contribution in [0.2, 0.25) is 0 Å². The molecule has 1 rings (SSSR count). The lowest BCUT2D eigenvalue weighted by Crippen LogP contribution is -2.41. The van der Waals surface area contributed by atoms with Crippen molar-refractivity contribution in [1.82, 2.24) is 14.9 Å². The third kappa shape index (κ3) is 6.27. The molecular weight excluding hydrogens is 306 g/mol. The topological polar surface area (TPSA) is 85.1 Å². The van der Waals surface area contributed by atoms with Crippen LogP contribution in [0.5, 0.6) is 0 Å². The van der Waals surface area contributed by atoms with E-state index < -0.39 is 12.2 Å². The van der Waals surface area contributed by atoms with Gasteiger partial charge in [-0.05, 0) is 26.5 Å². The van der Waals surface area contributed by atoms with Crippen molar-refractivity contribution in [2.24, 2.45) is 5.92 Å². The highest BCUT2D eigenvalue weighted by Gasteiger charge is 2.31. The van der Waals surface area contributed by atoms with Gasteiger partial charge in [0.15, 0.2) is 6.21 Å². The number of aliphatic hydroxyl groups excluding tert-OH is 1. The first kappa shape index (κ1) is 18.8. The number of hydrogen-bond donors (Lipinski definition) is 3. The smallest absolute Gasteiger partial charge is 0.407 e. The second kappa shape index (κ2) is 9.74. The van der Waals surface area contributed by atoms with Crippen molar-refractivity contribution in [3.63, 3.8) is 0 Å². The molecule has 1 heterocycles. The Morgan fingerprint density at radius 2 is 2.32 bits per heavy atom. The van der Waals surface area contributed by atoms with Gasteiger partial charge in [-0.25, -0.2) is 14.4 Å². The Labute approximate surface area is 136 Å². The average molecular weight is 332 g/mol. The molecule has 1 aliphatic rings. The second-order valence-electron chi connectivity index (χ2n) is 5.14. The van der Waals surface area contributed by atoms with Crippen molar-refractivity contribution in [1.29, 1.82) is 0 Å². The monoisotopic (exact) mass is 332 g/mol. The zero-order chi connectivity index (χ0) is 16.5. The third-order valence-corrected chi connectivity index (χ3v) is 3.90. The first-order valence-electron chi connectivity index (χ1n) is 7.49. The summed E-state index contributed by atoms with van der Waals surface area (Å²) in [4.78, 5) is 13.1. The molecule has 7 nitrogen and oxygen atoms in total. The van der Waals surface area contributed by atoms with Crippen LogP contribution in [-0.2, 0) is 9.47 Å². The van der Waals surface area contributed by atoms with Gasteiger partial charge >= 0.3 is 11.3 Å². The molecule has 3 atom stereocenters. The number of rotatable bonds is 5. The number of aliphatic hydroxyl groups is 1. The molecule has 0 aromatic rings. The summed E-state index contributed by atoms with van der Waals surface area (Å²) in [6.07, 6.45) is 0.733. The van der Waals surface area contributed by atoms with E-state index in [-0.39, 0.29) is 18.6 Å². The molecule has 0 radical (unpaired) electrons. The number of thiol groups is 1. The fourth-order valence-electron chi connectivity index (χ4n) is 1.90. The molecule has 1 aliphatic heterocycles. The van der Waals surface area contributed by atoms with E-state index in [1.807, 2.05) is 25.8 Å². The maximum absolute atomic E-state index is 11.2.